The van der Waals surface area contributed by atoms with Gasteiger partial charge in [-0.15, -0.1) is 0 Å². The van der Waals surface area contributed by atoms with Gasteiger partial charge < -0.3 is 5.32 Å². The van der Waals surface area contributed by atoms with Crippen molar-refractivity contribution in [1.29, 1.82) is 0 Å². The second kappa shape index (κ2) is 7.59. The number of carbonyl (C=O) groups excluding carboxylic acids is 1. The third-order valence-corrected chi connectivity index (χ3v) is 4.51. The standard InChI is InChI=1S/C18H19FN4O3/c1-11(12-2-6-14(19)7-3-12)21-18(24)16-10-20-22-17(16)13-4-8-15(9-5-13)23(25)26/h2-9,11,16-17,20,22H,10H2,1H3,(H,21,24). The van der Waals surface area contributed by atoms with Crippen LogP contribution in [0, 0.1) is 21.8 Å². The van der Waals surface area contributed by atoms with Crippen LogP contribution >= 0.6 is 0 Å². The molecule has 26 heavy (non-hydrogen) atoms. The van der Waals surface area contributed by atoms with Crippen molar-refractivity contribution in [2.75, 3.05) is 6.54 Å². The summed E-state index contributed by atoms with van der Waals surface area (Å²) in [6, 6.07) is 11.6. The topological polar surface area (TPSA) is 96.3 Å². The summed E-state index contributed by atoms with van der Waals surface area (Å²) in [5, 5.41) is 13.7. The number of halogens is 1. The first-order valence-corrected chi connectivity index (χ1v) is 8.24. The molecule has 1 fully saturated rings. The molecule has 0 radical (unpaired) electrons. The predicted molar refractivity (Wildman–Crippen MR) is 93.4 cm³/mol. The Bertz CT molecular complexity index is 795. The molecule has 2 aromatic carbocycles. The number of carbonyl (C=O) groups is 1. The number of nitro benzene ring substituents is 1. The minimum absolute atomic E-state index is 0.00522. The van der Waals surface area contributed by atoms with Gasteiger partial charge in [0.1, 0.15) is 5.82 Å². The summed E-state index contributed by atoms with van der Waals surface area (Å²) in [6.45, 7) is 2.27. The maximum absolute atomic E-state index is 13.0. The molecule has 3 rings (SSSR count). The van der Waals surface area contributed by atoms with E-state index in [4.69, 9.17) is 0 Å². The lowest BCUT2D eigenvalue weighted by molar-refractivity contribution is -0.384. The minimum atomic E-state index is -0.460. The lowest BCUT2D eigenvalue weighted by Gasteiger charge is -2.21. The first-order valence-electron chi connectivity index (χ1n) is 8.24. The van der Waals surface area contributed by atoms with Gasteiger partial charge >= 0.3 is 0 Å². The highest BCUT2D eigenvalue weighted by Gasteiger charge is 2.34. The van der Waals surface area contributed by atoms with Gasteiger partial charge in [0, 0.05) is 18.7 Å². The second-order valence-electron chi connectivity index (χ2n) is 6.24. The smallest absolute Gasteiger partial charge is 0.269 e. The summed E-state index contributed by atoms with van der Waals surface area (Å²) in [5.41, 5.74) is 7.61. The van der Waals surface area contributed by atoms with Crippen molar-refractivity contribution in [1.82, 2.24) is 16.2 Å². The molecule has 3 N–H and O–H groups in total. The fourth-order valence-electron chi connectivity index (χ4n) is 3.02. The molecule has 2 aromatic rings. The van der Waals surface area contributed by atoms with E-state index >= 15 is 0 Å². The highest BCUT2D eigenvalue weighted by molar-refractivity contribution is 5.80. The van der Waals surface area contributed by atoms with Gasteiger partial charge in [-0.25, -0.2) is 9.82 Å². The summed E-state index contributed by atoms with van der Waals surface area (Å²) >= 11 is 0. The highest BCUT2D eigenvalue weighted by atomic mass is 19.1. The van der Waals surface area contributed by atoms with Gasteiger partial charge in [0.15, 0.2) is 0 Å². The lowest BCUT2D eigenvalue weighted by Crippen LogP contribution is -2.36. The van der Waals surface area contributed by atoms with Crippen LogP contribution in [0.25, 0.3) is 0 Å². The number of hydrogen-bond donors (Lipinski definition) is 3. The molecule has 3 atom stereocenters. The maximum Gasteiger partial charge on any atom is 0.269 e. The summed E-state index contributed by atoms with van der Waals surface area (Å²) < 4.78 is 13.0. The quantitative estimate of drug-likeness (QED) is 0.563. The number of nitrogens with zero attached hydrogens (tertiary/aromatic N) is 1. The molecule has 7 nitrogen and oxygen atoms in total. The van der Waals surface area contributed by atoms with Gasteiger partial charge in [-0.2, -0.15) is 0 Å². The van der Waals surface area contributed by atoms with Crippen LogP contribution in [0.5, 0.6) is 0 Å². The van der Waals surface area contributed by atoms with E-state index in [1.807, 2.05) is 6.92 Å². The van der Waals surface area contributed by atoms with E-state index in [-0.39, 0.29) is 35.4 Å². The molecule has 1 amide bonds. The van der Waals surface area contributed by atoms with Crippen LogP contribution in [0.3, 0.4) is 0 Å². The number of non-ortho nitro benzene ring substituents is 1. The monoisotopic (exact) mass is 358 g/mol. The predicted octanol–water partition coefficient (Wildman–Crippen LogP) is 2.38. The maximum atomic E-state index is 13.0. The van der Waals surface area contributed by atoms with Crippen LogP contribution in [-0.4, -0.2) is 17.4 Å². The summed E-state index contributed by atoms with van der Waals surface area (Å²) in [6.07, 6.45) is 0. The van der Waals surface area contributed by atoms with Crippen LogP contribution < -0.4 is 16.2 Å². The molecular weight excluding hydrogens is 339 g/mol. The Morgan fingerprint density at radius 2 is 1.88 bits per heavy atom. The van der Waals surface area contributed by atoms with Gasteiger partial charge in [0.2, 0.25) is 5.91 Å². The molecular formula is C18H19FN4O3. The Hall–Kier alpha value is -2.84. The van der Waals surface area contributed by atoms with Gasteiger partial charge in [0.05, 0.1) is 22.9 Å². The summed E-state index contributed by atoms with van der Waals surface area (Å²) in [4.78, 5) is 23.0. The Morgan fingerprint density at radius 1 is 1.23 bits per heavy atom. The fraction of sp³-hybridized carbons (Fsp3) is 0.278. The largest absolute Gasteiger partial charge is 0.349 e. The number of amides is 1. The Labute approximate surface area is 149 Å². The number of nitrogens with one attached hydrogen (secondary N) is 3. The second-order valence-corrected chi connectivity index (χ2v) is 6.24. The zero-order chi connectivity index (χ0) is 18.7. The normalized spacial score (nSPS) is 20.5. The third kappa shape index (κ3) is 3.87. The van der Waals surface area contributed by atoms with E-state index in [1.54, 1.807) is 24.3 Å². The Morgan fingerprint density at radius 3 is 2.50 bits per heavy atom. The molecule has 0 aromatic heterocycles. The SMILES string of the molecule is CC(NC(=O)C1CNNC1c1ccc([N+](=O)[O-])cc1)c1ccc(F)cc1. The highest BCUT2D eigenvalue weighted by Crippen LogP contribution is 2.27. The van der Waals surface area contributed by atoms with Crippen LogP contribution in [0.4, 0.5) is 10.1 Å². The van der Waals surface area contributed by atoms with Crippen molar-refractivity contribution in [3.63, 3.8) is 0 Å². The van der Waals surface area contributed by atoms with E-state index in [0.717, 1.165) is 11.1 Å². The van der Waals surface area contributed by atoms with Crippen molar-refractivity contribution in [3.8, 4) is 0 Å². The van der Waals surface area contributed by atoms with E-state index in [1.165, 1.54) is 24.3 Å². The average Bonchev–Trinajstić information content (AvgIpc) is 3.12. The van der Waals surface area contributed by atoms with Crippen LogP contribution in [0.1, 0.15) is 30.1 Å². The van der Waals surface area contributed by atoms with Gasteiger partial charge in [-0.3, -0.25) is 20.3 Å². The Balaban J connectivity index is 1.69. The van der Waals surface area contributed by atoms with Gasteiger partial charge in [-0.05, 0) is 30.2 Å². The number of benzene rings is 2. The molecule has 8 heteroatoms. The summed E-state index contributed by atoms with van der Waals surface area (Å²) in [5.74, 6) is -0.850. The molecule has 0 aliphatic carbocycles. The van der Waals surface area contributed by atoms with Crippen molar-refractivity contribution >= 4 is 11.6 Å². The van der Waals surface area contributed by atoms with Gasteiger partial charge in [0.25, 0.3) is 5.69 Å². The third-order valence-electron chi connectivity index (χ3n) is 4.51. The zero-order valence-electron chi connectivity index (χ0n) is 14.1. The molecule has 136 valence electrons. The number of hydrogen-bond acceptors (Lipinski definition) is 5. The zero-order valence-corrected chi connectivity index (χ0v) is 14.1. The Kier molecular flexibility index (Phi) is 5.24. The number of rotatable bonds is 5. The molecule has 1 aliphatic rings. The number of nitro groups is 1. The molecule has 0 bridgehead atoms. The minimum Gasteiger partial charge on any atom is -0.349 e. The first kappa shape index (κ1) is 18.0. The lowest BCUT2D eigenvalue weighted by atomic mass is 9.93. The summed E-state index contributed by atoms with van der Waals surface area (Å²) in [7, 11) is 0. The van der Waals surface area contributed by atoms with Crippen molar-refractivity contribution in [2.45, 2.75) is 19.0 Å². The van der Waals surface area contributed by atoms with E-state index in [9.17, 15) is 19.3 Å². The van der Waals surface area contributed by atoms with E-state index in [0.29, 0.717) is 6.54 Å². The van der Waals surface area contributed by atoms with Gasteiger partial charge in [-0.1, -0.05) is 24.3 Å². The van der Waals surface area contributed by atoms with Crippen LogP contribution in [-0.2, 0) is 4.79 Å². The van der Waals surface area contributed by atoms with Crippen molar-refractivity contribution < 1.29 is 14.1 Å². The fourth-order valence-corrected chi connectivity index (χ4v) is 3.02. The molecule has 3 unspecified atom stereocenters. The van der Waals surface area contributed by atoms with Crippen LogP contribution in [0.15, 0.2) is 48.5 Å². The molecule has 1 heterocycles. The molecule has 0 saturated carbocycles. The van der Waals surface area contributed by atoms with E-state index in [2.05, 4.69) is 16.2 Å². The van der Waals surface area contributed by atoms with Crippen molar-refractivity contribution in [3.05, 3.63) is 75.6 Å². The first-order chi connectivity index (χ1) is 12.5. The molecule has 0 spiro atoms. The van der Waals surface area contributed by atoms with Crippen molar-refractivity contribution in [2.24, 2.45) is 5.92 Å². The molecule has 1 aliphatic heterocycles. The average molecular weight is 358 g/mol. The van der Waals surface area contributed by atoms with Crippen LogP contribution in [0.2, 0.25) is 0 Å². The van der Waals surface area contributed by atoms with E-state index < -0.39 is 4.92 Å². The number of hydrazine groups is 1. The molecule has 1 saturated heterocycles.